The molecule has 0 aliphatic rings. The predicted octanol–water partition coefficient (Wildman–Crippen LogP) is 3.71. The van der Waals surface area contributed by atoms with Crippen LogP contribution in [0.2, 0.25) is 0 Å². The Bertz CT molecular complexity index is 665. The van der Waals surface area contributed by atoms with E-state index in [1.165, 1.54) is 21.4 Å². The smallest absolute Gasteiger partial charge is 0.171 e. The van der Waals surface area contributed by atoms with Gasteiger partial charge in [0.1, 0.15) is 0 Å². The van der Waals surface area contributed by atoms with E-state index in [-0.39, 0.29) is 5.78 Å². The van der Waals surface area contributed by atoms with E-state index in [0.717, 1.165) is 15.8 Å². The highest BCUT2D eigenvalue weighted by molar-refractivity contribution is 7.17. The fraction of sp³-hybridized carbons (Fsp3) is 0.0909. The molecule has 15 heavy (non-hydrogen) atoms. The average molecular weight is 233 g/mol. The van der Waals surface area contributed by atoms with Crippen molar-refractivity contribution in [2.75, 3.05) is 0 Å². The maximum absolute atomic E-state index is 11.4. The van der Waals surface area contributed by atoms with Crippen LogP contribution in [-0.4, -0.2) is 10.8 Å². The van der Waals surface area contributed by atoms with Crippen LogP contribution in [0.25, 0.3) is 21.0 Å². The number of thiophene rings is 2. The maximum atomic E-state index is 11.4. The van der Waals surface area contributed by atoms with Crippen molar-refractivity contribution in [1.29, 1.82) is 0 Å². The molecule has 3 aromatic rings. The van der Waals surface area contributed by atoms with E-state index in [2.05, 4.69) is 16.4 Å². The molecule has 0 unspecified atom stereocenters. The lowest BCUT2D eigenvalue weighted by Crippen LogP contribution is -1.88. The molecule has 0 N–H and O–H groups in total. The molecule has 0 spiro atoms. The minimum absolute atomic E-state index is 0.0945. The summed E-state index contributed by atoms with van der Waals surface area (Å²) in [5, 5.41) is 6.38. The van der Waals surface area contributed by atoms with E-state index in [1.54, 1.807) is 18.3 Å². The number of Topliss-reactive ketones (excluding diaryl/α,β-unsaturated/α-hetero) is 1. The summed E-state index contributed by atoms with van der Waals surface area (Å²) in [5.41, 5.74) is 0.846. The van der Waals surface area contributed by atoms with Gasteiger partial charge in [0.15, 0.2) is 5.78 Å². The highest BCUT2D eigenvalue weighted by Gasteiger charge is 2.12. The Morgan fingerprint density at radius 1 is 1.33 bits per heavy atom. The van der Waals surface area contributed by atoms with Gasteiger partial charge in [-0.2, -0.15) is 0 Å². The SMILES string of the molecule is CC(=O)c1scc2c1ncc1sccc12. The molecule has 2 nitrogen and oxygen atoms in total. The zero-order valence-electron chi connectivity index (χ0n) is 7.98. The van der Waals surface area contributed by atoms with E-state index in [0.29, 0.717) is 0 Å². The van der Waals surface area contributed by atoms with Crippen molar-refractivity contribution in [3.05, 3.63) is 27.9 Å². The molecule has 3 aromatic heterocycles. The standard InChI is InChI=1S/C11H7NOS2/c1-6(13)11-10-8(5-15-11)7-2-3-14-9(7)4-12-10/h2-5H,1H3. The molecular weight excluding hydrogens is 226 g/mol. The van der Waals surface area contributed by atoms with Crippen molar-refractivity contribution < 1.29 is 4.79 Å². The lowest BCUT2D eigenvalue weighted by atomic mass is 10.2. The fourth-order valence-corrected chi connectivity index (χ4v) is 3.37. The van der Waals surface area contributed by atoms with Crippen LogP contribution < -0.4 is 0 Å². The molecule has 0 atom stereocenters. The van der Waals surface area contributed by atoms with Crippen LogP contribution >= 0.6 is 22.7 Å². The molecule has 0 saturated carbocycles. The summed E-state index contributed by atoms with van der Waals surface area (Å²) in [7, 11) is 0. The highest BCUT2D eigenvalue weighted by Crippen LogP contribution is 2.32. The second-order valence-electron chi connectivity index (χ2n) is 3.34. The number of aromatic nitrogens is 1. The number of hydrogen-bond acceptors (Lipinski definition) is 4. The topological polar surface area (TPSA) is 30.0 Å². The molecule has 0 aromatic carbocycles. The Kier molecular flexibility index (Phi) is 1.87. The Morgan fingerprint density at radius 2 is 2.20 bits per heavy atom. The van der Waals surface area contributed by atoms with Crippen LogP contribution in [0.5, 0.6) is 0 Å². The van der Waals surface area contributed by atoms with Gasteiger partial charge in [-0.1, -0.05) is 0 Å². The van der Waals surface area contributed by atoms with Crippen molar-refractivity contribution in [2.45, 2.75) is 6.92 Å². The van der Waals surface area contributed by atoms with E-state index in [4.69, 9.17) is 0 Å². The summed E-state index contributed by atoms with van der Waals surface area (Å²) in [4.78, 5) is 16.5. The second-order valence-corrected chi connectivity index (χ2v) is 5.17. The Labute approximate surface area is 94.2 Å². The van der Waals surface area contributed by atoms with Gasteiger partial charge in [0.25, 0.3) is 0 Å². The average Bonchev–Trinajstić information content (AvgIpc) is 2.82. The molecule has 0 amide bonds. The van der Waals surface area contributed by atoms with E-state index in [1.807, 2.05) is 11.6 Å². The molecule has 3 rings (SSSR count). The normalized spacial score (nSPS) is 11.3. The first-order valence-corrected chi connectivity index (χ1v) is 6.27. The Hall–Kier alpha value is -1.26. The molecule has 0 saturated heterocycles. The summed E-state index contributed by atoms with van der Waals surface area (Å²) in [6.07, 6.45) is 1.85. The first-order chi connectivity index (χ1) is 7.27. The lowest BCUT2D eigenvalue weighted by molar-refractivity contribution is 0.102. The molecule has 0 radical (unpaired) electrons. The van der Waals surface area contributed by atoms with Crippen LogP contribution in [0.15, 0.2) is 23.0 Å². The molecule has 0 aliphatic heterocycles. The monoisotopic (exact) mass is 233 g/mol. The van der Waals surface area contributed by atoms with Crippen molar-refractivity contribution in [3.8, 4) is 0 Å². The fourth-order valence-electron chi connectivity index (χ4n) is 1.69. The van der Waals surface area contributed by atoms with Gasteiger partial charge in [0, 0.05) is 29.3 Å². The van der Waals surface area contributed by atoms with Crippen LogP contribution in [0, 0.1) is 0 Å². The second kappa shape index (κ2) is 3.12. The van der Waals surface area contributed by atoms with Gasteiger partial charge >= 0.3 is 0 Å². The number of carbonyl (C=O) groups is 1. The zero-order valence-corrected chi connectivity index (χ0v) is 9.61. The van der Waals surface area contributed by atoms with Crippen molar-refractivity contribution in [3.63, 3.8) is 0 Å². The number of nitrogens with zero attached hydrogens (tertiary/aromatic N) is 1. The van der Waals surface area contributed by atoms with Crippen LogP contribution in [0.4, 0.5) is 0 Å². The predicted molar refractivity (Wildman–Crippen MR) is 65.0 cm³/mol. The van der Waals surface area contributed by atoms with Gasteiger partial charge < -0.3 is 0 Å². The van der Waals surface area contributed by atoms with Crippen LogP contribution in [0.3, 0.4) is 0 Å². The first kappa shape index (κ1) is 9.00. The summed E-state index contributed by atoms with van der Waals surface area (Å²) in [5.74, 6) is 0.0945. The third-order valence-corrected chi connectivity index (χ3v) is 4.30. The van der Waals surface area contributed by atoms with Gasteiger partial charge in [-0.15, -0.1) is 22.7 Å². The molecular formula is C11H7NOS2. The van der Waals surface area contributed by atoms with Crippen molar-refractivity contribution in [2.24, 2.45) is 0 Å². The largest absolute Gasteiger partial charge is 0.294 e. The summed E-state index contributed by atoms with van der Waals surface area (Å²) in [6.45, 7) is 1.59. The van der Waals surface area contributed by atoms with Gasteiger partial charge in [-0.25, -0.2) is 0 Å². The van der Waals surface area contributed by atoms with Crippen LogP contribution in [-0.2, 0) is 0 Å². The molecule has 0 bridgehead atoms. The van der Waals surface area contributed by atoms with E-state index < -0.39 is 0 Å². The lowest BCUT2D eigenvalue weighted by Gasteiger charge is -1.93. The summed E-state index contributed by atoms with van der Waals surface area (Å²) < 4.78 is 1.18. The Morgan fingerprint density at radius 3 is 3.00 bits per heavy atom. The minimum atomic E-state index is 0.0945. The zero-order chi connectivity index (χ0) is 10.4. The molecule has 0 aliphatic carbocycles. The molecule has 74 valence electrons. The van der Waals surface area contributed by atoms with Gasteiger partial charge in [-0.3, -0.25) is 9.78 Å². The number of rotatable bonds is 1. The summed E-state index contributed by atoms with van der Waals surface area (Å²) >= 11 is 3.16. The van der Waals surface area contributed by atoms with Gasteiger partial charge in [0.05, 0.1) is 15.1 Å². The first-order valence-electron chi connectivity index (χ1n) is 4.51. The minimum Gasteiger partial charge on any atom is -0.294 e. The van der Waals surface area contributed by atoms with E-state index in [9.17, 15) is 4.79 Å². The third kappa shape index (κ3) is 1.22. The molecule has 0 fully saturated rings. The highest BCUT2D eigenvalue weighted by atomic mass is 32.1. The quantitative estimate of drug-likeness (QED) is 0.600. The number of pyridine rings is 1. The number of carbonyl (C=O) groups excluding carboxylic acids is 1. The van der Waals surface area contributed by atoms with Crippen molar-refractivity contribution in [1.82, 2.24) is 4.98 Å². The molecule has 3 heterocycles. The molecule has 4 heteroatoms. The number of ketones is 1. The van der Waals surface area contributed by atoms with Crippen molar-refractivity contribution >= 4 is 49.4 Å². The van der Waals surface area contributed by atoms with Crippen LogP contribution in [0.1, 0.15) is 16.6 Å². The number of hydrogen-bond donors (Lipinski definition) is 0. The third-order valence-electron chi connectivity index (χ3n) is 2.38. The number of fused-ring (bicyclic) bond motifs is 3. The maximum Gasteiger partial charge on any atom is 0.171 e. The Balaban J connectivity index is 2.51. The van der Waals surface area contributed by atoms with Gasteiger partial charge in [0.2, 0.25) is 0 Å². The summed E-state index contributed by atoms with van der Waals surface area (Å²) in [6, 6.07) is 2.08. The van der Waals surface area contributed by atoms with Gasteiger partial charge in [-0.05, 0) is 11.4 Å². The van der Waals surface area contributed by atoms with E-state index >= 15 is 0 Å².